The van der Waals surface area contributed by atoms with Gasteiger partial charge in [0.15, 0.2) is 0 Å². The van der Waals surface area contributed by atoms with Crippen molar-refractivity contribution in [3.05, 3.63) is 18.0 Å². The summed E-state index contributed by atoms with van der Waals surface area (Å²) >= 11 is 0. The van der Waals surface area contributed by atoms with E-state index in [0.29, 0.717) is 17.9 Å². The summed E-state index contributed by atoms with van der Waals surface area (Å²) in [6, 6.07) is 1.68. The lowest BCUT2D eigenvalue weighted by atomic mass is 9.80. The molecule has 0 saturated heterocycles. The van der Waals surface area contributed by atoms with Crippen LogP contribution >= 0.6 is 0 Å². The first-order valence-corrected chi connectivity index (χ1v) is 5.81. The molecule has 0 radical (unpaired) electrons. The van der Waals surface area contributed by atoms with Gasteiger partial charge in [-0.3, -0.25) is 4.79 Å². The van der Waals surface area contributed by atoms with E-state index in [9.17, 15) is 4.79 Å². The lowest BCUT2D eigenvalue weighted by Gasteiger charge is -2.40. The second-order valence-electron chi connectivity index (χ2n) is 4.69. The molecule has 5 heteroatoms. The van der Waals surface area contributed by atoms with E-state index in [2.05, 4.69) is 5.32 Å². The van der Waals surface area contributed by atoms with Gasteiger partial charge in [0, 0.05) is 26.9 Å². The minimum absolute atomic E-state index is 0.104. The Labute approximate surface area is 101 Å². The van der Waals surface area contributed by atoms with Crippen LogP contribution in [0.2, 0.25) is 0 Å². The average molecular weight is 237 g/mol. The Morgan fingerprint density at radius 2 is 2.35 bits per heavy atom. The molecule has 17 heavy (non-hydrogen) atoms. The van der Waals surface area contributed by atoms with Gasteiger partial charge >= 0.3 is 0 Å². The van der Waals surface area contributed by atoms with E-state index in [4.69, 9.17) is 10.5 Å². The number of amides is 1. The van der Waals surface area contributed by atoms with Crippen molar-refractivity contribution in [2.24, 2.45) is 7.05 Å². The van der Waals surface area contributed by atoms with E-state index in [-0.39, 0.29) is 11.5 Å². The molecule has 0 spiro atoms. The normalized spacial score (nSPS) is 17.5. The number of methoxy groups -OCH3 is 1. The maximum absolute atomic E-state index is 11.9. The van der Waals surface area contributed by atoms with E-state index in [1.807, 2.05) is 0 Å². The van der Waals surface area contributed by atoms with E-state index in [1.54, 1.807) is 31.0 Å². The fourth-order valence-electron chi connectivity index (χ4n) is 2.17. The second-order valence-corrected chi connectivity index (χ2v) is 4.69. The largest absolute Gasteiger partial charge is 0.397 e. The summed E-state index contributed by atoms with van der Waals surface area (Å²) in [4.78, 5) is 11.9. The van der Waals surface area contributed by atoms with Crippen LogP contribution in [0.4, 0.5) is 5.69 Å². The SMILES string of the molecule is COC1(CNC(=O)c2cc(N)cn2C)CCC1. The van der Waals surface area contributed by atoms with Crippen molar-refractivity contribution < 1.29 is 9.53 Å². The molecule has 1 aliphatic rings. The highest BCUT2D eigenvalue weighted by Crippen LogP contribution is 2.34. The number of nitrogens with one attached hydrogen (secondary N) is 1. The summed E-state index contributed by atoms with van der Waals surface area (Å²) in [7, 11) is 3.51. The highest BCUT2D eigenvalue weighted by atomic mass is 16.5. The number of anilines is 1. The van der Waals surface area contributed by atoms with Gasteiger partial charge in [-0.05, 0) is 25.3 Å². The van der Waals surface area contributed by atoms with E-state index in [1.165, 1.54) is 6.42 Å². The Kier molecular flexibility index (Phi) is 3.11. The molecule has 1 fully saturated rings. The zero-order valence-electron chi connectivity index (χ0n) is 10.3. The van der Waals surface area contributed by atoms with Crippen LogP contribution in [0.5, 0.6) is 0 Å². The van der Waals surface area contributed by atoms with Gasteiger partial charge in [0.25, 0.3) is 5.91 Å². The highest BCUT2D eigenvalue weighted by Gasteiger charge is 2.37. The number of aryl methyl sites for hydroxylation is 1. The van der Waals surface area contributed by atoms with Gasteiger partial charge in [0.05, 0.1) is 11.3 Å². The molecule has 1 aromatic heterocycles. The van der Waals surface area contributed by atoms with Crippen LogP contribution < -0.4 is 11.1 Å². The lowest BCUT2D eigenvalue weighted by Crippen LogP contribution is -2.49. The number of hydrogen-bond acceptors (Lipinski definition) is 3. The van der Waals surface area contributed by atoms with E-state index < -0.39 is 0 Å². The molecular formula is C12H19N3O2. The first-order chi connectivity index (χ1) is 8.06. The number of carbonyl (C=O) groups excluding carboxylic acids is 1. The van der Waals surface area contributed by atoms with Crippen LogP contribution in [-0.2, 0) is 11.8 Å². The standard InChI is InChI=1S/C12H19N3O2/c1-15-7-9(13)6-10(15)11(16)14-8-12(17-2)4-3-5-12/h6-7H,3-5,8,13H2,1-2H3,(H,14,16). The summed E-state index contributed by atoms with van der Waals surface area (Å²) in [5.74, 6) is -0.104. The summed E-state index contributed by atoms with van der Waals surface area (Å²) in [5, 5.41) is 2.91. The third-order valence-corrected chi connectivity index (χ3v) is 3.53. The van der Waals surface area contributed by atoms with Gasteiger partial charge in [-0.2, -0.15) is 0 Å². The van der Waals surface area contributed by atoms with Crippen LogP contribution in [0.1, 0.15) is 29.8 Å². The summed E-state index contributed by atoms with van der Waals surface area (Å²) in [5.41, 5.74) is 6.67. The summed E-state index contributed by atoms with van der Waals surface area (Å²) in [6.07, 6.45) is 4.92. The molecule has 1 heterocycles. The number of nitrogens with zero attached hydrogens (tertiary/aromatic N) is 1. The van der Waals surface area contributed by atoms with Crippen LogP contribution in [0.25, 0.3) is 0 Å². The van der Waals surface area contributed by atoms with Crippen molar-refractivity contribution in [1.82, 2.24) is 9.88 Å². The molecular weight excluding hydrogens is 218 g/mol. The molecule has 5 nitrogen and oxygen atoms in total. The van der Waals surface area contributed by atoms with Crippen LogP contribution in [0.3, 0.4) is 0 Å². The molecule has 1 saturated carbocycles. The maximum Gasteiger partial charge on any atom is 0.268 e. The smallest absolute Gasteiger partial charge is 0.268 e. The topological polar surface area (TPSA) is 69.3 Å². The molecule has 2 rings (SSSR count). The van der Waals surface area contributed by atoms with Gasteiger partial charge in [-0.15, -0.1) is 0 Å². The minimum atomic E-state index is -0.146. The number of hydrogen-bond donors (Lipinski definition) is 2. The maximum atomic E-state index is 11.9. The number of nitrogens with two attached hydrogens (primary N) is 1. The molecule has 0 bridgehead atoms. The van der Waals surface area contributed by atoms with Crippen molar-refractivity contribution in [2.45, 2.75) is 24.9 Å². The Balaban J connectivity index is 1.95. The monoisotopic (exact) mass is 237 g/mol. The molecule has 1 amide bonds. The number of rotatable bonds is 4. The number of nitrogen functional groups attached to an aromatic ring is 1. The van der Waals surface area contributed by atoms with Crippen molar-refractivity contribution in [3.8, 4) is 0 Å². The predicted molar refractivity (Wildman–Crippen MR) is 65.7 cm³/mol. The molecule has 0 unspecified atom stereocenters. The lowest BCUT2D eigenvalue weighted by molar-refractivity contribution is -0.0679. The summed E-state index contributed by atoms with van der Waals surface area (Å²) < 4.78 is 7.18. The fraction of sp³-hybridized carbons (Fsp3) is 0.583. The van der Waals surface area contributed by atoms with Gasteiger partial charge in [0.2, 0.25) is 0 Å². The van der Waals surface area contributed by atoms with Crippen molar-refractivity contribution in [2.75, 3.05) is 19.4 Å². The van der Waals surface area contributed by atoms with Gasteiger partial charge in [-0.1, -0.05) is 0 Å². The van der Waals surface area contributed by atoms with E-state index >= 15 is 0 Å². The zero-order valence-corrected chi connectivity index (χ0v) is 10.3. The first-order valence-electron chi connectivity index (χ1n) is 5.81. The Bertz CT molecular complexity index is 416. The van der Waals surface area contributed by atoms with E-state index in [0.717, 1.165) is 12.8 Å². The van der Waals surface area contributed by atoms with Crippen LogP contribution in [-0.4, -0.2) is 29.7 Å². The van der Waals surface area contributed by atoms with Crippen molar-refractivity contribution in [3.63, 3.8) is 0 Å². The van der Waals surface area contributed by atoms with Gasteiger partial charge < -0.3 is 20.4 Å². The third-order valence-electron chi connectivity index (χ3n) is 3.53. The van der Waals surface area contributed by atoms with Crippen molar-refractivity contribution >= 4 is 11.6 Å². The first kappa shape index (κ1) is 12.0. The molecule has 1 aliphatic carbocycles. The molecule has 0 aliphatic heterocycles. The van der Waals surface area contributed by atoms with Gasteiger partial charge in [0.1, 0.15) is 5.69 Å². The quantitative estimate of drug-likeness (QED) is 0.817. The van der Waals surface area contributed by atoms with Crippen LogP contribution in [0, 0.1) is 0 Å². The predicted octanol–water partition coefficient (Wildman–Crippen LogP) is 0.906. The number of ether oxygens (including phenoxy) is 1. The zero-order chi connectivity index (χ0) is 12.5. The highest BCUT2D eigenvalue weighted by molar-refractivity contribution is 5.93. The molecule has 1 aromatic rings. The van der Waals surface area contributed by atoms with Crippen molar-refractivity contribution in [1.29, 1.82) is 0 Å². The fourth-order valence-corrected chi connectivity index (χ4v) is 2.17. The van der Waals surface area contributed by atoms with Gasteiger partial charge in [-0.25, -0.2) is 0 Å². The molecule has 0 atom stereocenters. The Morgan fingerprint density at radius 3 is 2.76 bits per heavy atom. The Morgan fingerprint density at radius 1 is 1.65 bits per heavy atom. The molecule has 0 aromatic carbocycles. The molecule has 3 N–H and O–H groups in total. The van der Waals surface area contributed by atoms with Crippen LogP contribution in [0.15, 0.2) is 12.3 Å². The Hall–Kier alpha value is -1.49. The average Bonchev–Trinajstić information content (AvgIpc) is 2.57. The third kappa shape index (κ3) is 2.29. The minimum Gasteiger partial charge on any atom is -0.397 e. The summed E-state index contributed by atoms with van der Waals surface area (Å²) in [6.45, 7) is 0.563. The molecule has 94 valence electrons. The second kappa shape index (κ2) is 4.41. The number of aromatic nitrogens is 1. The number of carbonyl (C=O) groups is 1.